The highest BCUT2D eigenvalue weighted by Crippen LogP contribution is 2.17. The molecule has 14 heavy (non-hydrogen) atoms. The van der Waals surface area contributed by atoms with E-state index in [1.165, 1.54) is 18.1 Å². The zero-order chi connectivity index (χ0) is 9.97. The minimum Gasteiger partial charge on any atom is -0.340 e. The molecule has 2 heterocycles. The van der Waals surface area contributed by atoms with Crippen LogP contribution in [0.5, 0.6) is 0 Å². The van der Waals surface area contributed by atoms with Crippen molar-refractivity contribution in [2.75, 3.05) is 0 Å². The number of nitrogens with zero attached hydrogens (tertiary/aromatic N) is 5. The monoisotopic (exact) mass is 211 g/mol. The molecular weight excluding hydrogens is 202 g/mol. The molecule has 0 unspecified atom stereocenters. The Bertz CT molecular complexity index is 423. The number of hydrogen-bond acceptors (Lipinski definition) is 6. The van der Waals surface area contributed by atoms with E-state index in [1.807, 2.05) is 7.05 Å². The summed E-state index contributed by atoms with van der Waals surface area (Å²) in [6.45, 7) is 1.77. The van der Waals surface area contributed by atoms with Gasteiger partial charge in [-0.2, -0.15) is 10.1 Å². The smallest absolute Gasteiger partial charge is 0.223 e. The van der Waals surface area contributed by atoms with Crippen LogP contribution in [0.4, 0.5) is 0 Å². The van der Waals surface area contributed by atoms with E-state index in [2.05, 4.69) is 20.2 Å². The molecule has 6 nitrogen and oxygen atoms in total. The summed E-state index contributed by atoms with van der Waals surface area (Å²) >= 11 is 1.52. The second-order valence-corrected chi connectivity index (χ2v) is 3.63. The lowest BCUT2D eigenvalue weighted by atomic mass is 10.7. The van der Waals surface area contributed by atoms with Crippen LogP contribution in [-0.4, -0.2) is 24.9 Å². The van der Waals surface area contributed by atoms with Gasteiger partial charge in [-0.25, -0.2) is 9.67 Å². The van der Waals surface area contributed by atoms with Gasteiger partial charge in [0.2, 0.25) is 5.89 Å². The molecule has 0 radical (unpaired) electrons. The Labute approximate surface area is 84.7 Å². The van der Waals surface area contributed by atoms with Gasteiger partial charge in [-0.1, -0.05) is 16.9 Å². The highest BCUT2D eigenvalue weighted by atomic mass is 32.2. The summed E-state index contributed by atoms with van der Waals surface area (Å²) in [7, 11) is 1.84. The molecule has 74 valence electrons. The summed E-state index contributed by atoms with van der Waals surface area (Å²) in [5, 5.41) is 8.58. The topological polar surface area (TPSA) is 69.6 Å². The molecule has 2 aromatic heterocycles. The molecule has 0 amide bonds. The van der Waals surface area contributed by atoms with Gasteiger partial charge >= 0.3 is 0 Å². The third-order valence-electron chi connectivity index (χ3n) is 1.57. The lowest BCUT2D eigenvalue weighted by molar-refractivity contribution is 0.389. The predicted octanol–water partition coefficient (Wildman–Crippen LogP) is 0.799. The summed E-state index contributed by atoms with van der Waals surface area (Å²) < 4.78 is 6.55. The summed E-state index contributed by atoms with van der Waals surface area (Å²) in [6.07, 6.45) is 1.52. The van der Waals surface area contributed by atoms with Crippen molar-refractivity contribution in [1.29, 1.82) is 0 Å². The highest BCUT2D eigenvalue weighted by molar-refractivity contribution is 7.98. The maximum atomic E-state index is 4.85. The largest absolute Gasteiger partial charge is 0.340 e. The zero-order valence-electron chi connectivity index (χ0n) is 7.84. The second kappa shape index (κ2) is 3.79. The Balaban J connectivity index is 1.98. The van der Waals surface area contributed by atoms with Crippen molar-refractivity contribution in [3.63, 3.8) is 0 Å². The molecule has 0 N–H and O–H groups in total. The van der Waals surface area contributed by atoms with E-state index in [4.69, 9.17) is 4.52 Å². The van der Waals surface area contributed by atoms with E-state index in [1.54, 1.807) is 11.6 Å². The fourth-order valence-electron chi connectivity index (χ4n) is 0.945. The third kappa shape index (κ3) is 1.92. The van der Waals surface area contributed by atoms with E-state index in [0.29, 0.717) is 17.5 Å². The van der Waals surface area contributed by atoms with Crippen LogP contribution < -0.4 is 0 Å². The normalized spacial score (nSPS) is 10.7. The first kappa shape index (κ1) is 9.20. The minimum absolute atomic E-state index is 0.582. The van der Waals surface area contributed by atoms with Crippen LogP contribution in [0.3, 0.4) is 0 Å². The molecule has 0 spiro atoms. The van der Waals surface area contributed by atoms with Gasteiger partial charge in [0, 0.05) is 14.0 Å². The number of aryl methyl sites for hydroxylation is 2. The highest BCUT2D eigenvalue weighted by Gasteiger charge is 2.06. The average molecular weight is 211 g/mol. The Morgan fingerprint density at radius 1 is 1.57 bits per heavy atom. The lowest BCUT2D eigenvalue weighted by Crippen LogP contribution is -1.93. The Morgan fingerprint density at radius 3 is 3.00 bits per heavy atom. The van der Waals surface area contributed by atoms with Gasteiger partial charge in [-0.3, -0.25) is 0 Å². The molecule has 0 fully saturated rings. The minimum atomic E-state index is 0.582. The number of rotatable bonds is 3. The van der Waals surface area contributed by atoms with Crippen LogP contribution in [0.2, 0.25) is 0 Å². The average Bonchev–Trinajstić information content (AvgIpc) is 2.72. The standard InChI is InChI=1S/C7H9N5OS/c1-5-10-6(11-13-5)3-14-7-8-4-9-12(7)2/h4H,3H2,1-2H3. The van der Waals surface area contributed by atoms with Crippen LogP contribution in [0.15, 0.2) is 16.0 Å². The van der Waals surface area contributed by atoms with Crippen LogP contribution >= 0.6 is 11.8 Å². The number of thioether (sulfide) groups is 1. The van der Waals surface area contributed by atoms with Crippen LogP contribution in [0.25, 0.3) is 0 Å². The summed E-state index contributed by atoms with van der Waals surface area (Å²) in [6, 6.07) is 0. The van der Waals surface area contributed by atoms with E-state index in [9.17, 15) is 0 Å². The molecule has 0 aliphatic carbocycles. The Hall–Kier alpha value is -1.37. The van der Waals surface area contributed by atoms with E-state index in [-0.39, 0.29) is 0 Å². The van der Waals surface area contributed by atoms with Crippen LogP contribution in [0.1, 0.15) is 11.7 Å². The molecule has 2 aromatic rings. The summed E-state index contributed by atoms with van der Waals surface area (Å²) in [5.41, 5.74) is 0. The molecule has 0 saturated heterocycles. The first-order valence-corrected chi connectivity index (χ1v) is 5.00. The molecule has 2 rings (SSSR count). The van der Waals surface area contributed by atoms with Crippen LogP contribution in [-0.2, 0) is 12.8 Å². The van der Waals surface area contributed by atoms with Crippen molar-refractivity contribution in [1.82, 2.24) is 24.9 Å². The van der Waals surface area contributed by atoms with Crippen molar-refractivity contribution in [2.24, 2.45) is 7.05 Å². The van der Waals surface area contributed by atoms with Crippen molar-refractivity contribution in [2.45, 2.75) is 17.8 Å². The van der Waals surface area contributed by atoms with Gasteiger partial charge in [0.25, 0.3) is 0 Å². The summed E-state index contributed by atoms with van der Waals surface area (Å²) in [4.78, 5) is 8.15. The number of aromatic nitrogens is 5. The predicted molar refractivity (Wildman–Crippen MR) is 49.6 cm³/mol. The molecule has 0 saturated carbocycles. The van der Waals surface area contributed by atoms with E-state index < -0.39 is 0 Å². The zero-order valence-corrected chi connectivity index (χ0v) is 8.65. The molecule has 0 atom stereocenters. The van der Waals surface area contributed by atoms with Gasteiger partial charge in [-0.05, 0) is 0 Å². The van der Waals surface area contributed by atoms with Gasteiger partial charge in [0.1, 0.15) is 6.33 Å². The van der Waals surface area contributed by atoms with Gasteiger partial charge in [0.05, 0.1) is 5.75 Å². The quantitative estimate of drug-likeness (QED) is 0.699. The van der Waals surface area contributed by atoms with Gasteiger partial charge in [0.15, 0.2) is 11.0 Å². The maximum absolute atomic E-state index is 4.85. The fraction of sp³-hybridized carbons (Fsp3) is 0.429. The second-order valence-electron chi connectivity index (χ2n) is 2.68. The summed E-state index contributed by atoms with van der Waals surface area (Å²) in [5.74, 6) is 1.90. The fourth-order valence-corrected chi connectivity index (χ4v) is 1.68. The molecule has 0 aliphatic rings. The molecular formula is C7H9N5OS. The first-order valence-electron chi connectivity index (χ1n) is 4.01. The SMILES string of the molecule is Cc1nc(CSc2ncnn2C)no1. The molecule has 0 aromatic carbocycles. The maximum Gasteiger partial charge on any atom is 0.223 e. The Morgan fingerprint density at radius 2 is 2.43 bits per heavy atom. The molecule has 7 heteroatoms. The van der Waals surface area contributed by atoms with Crippen molar-refractivity contribution >= 4 is 11.8 Å². The molecule has 0 aliphatic heterocycles. The molecule has 0 bridgehead atoms. The van der Waals surface area contributed by atoms with Gasteiger partial charge < -0.3 is 4.52 Å². The third-order valence-corrected chi connectivity index (χ3v) is 2.60. The number of hydrogen-bond donors (Lipinski definition) is 0. The van der Waals surface area contributed by atoms with Crippen molar-refractivity contribution in [3.05, 3.63) is 18.0 Å². The van der Waals surface area contributed by atoms with Crippen molar-refractivity contribution in [3.8, 4) is 0 Å². The first-order chi connectivity index (χ1) is 6.75. The van der Waals surface area contributed by atoms with Crippen molar-refractivity contribution < 1.29 is 4.52 Å². The van der Waals surface area contributed by atoms with Crippen LogP contribution in [0, 0.1) is 6.92 Å². The Kier molecular flexibility index (Phi) is 2.49. The lowest BCUT2D eigenvalue weighted by Gasteiger charge is -1.95. The van der Waals surface area contributed by atoms with E-state index in [0.717, 1.165) is 5.16 Å². The van der Waals surface area contributed by atoms with Gasteiger partial charge in [-0.15, -0.1) is 0 Å². The van der Waals surface area contributed by atoms with E-state index >= 15 is 0 Å².